The number of aliphatic hydroxyl groups excluding tert-OH is 1. The van der Waals surface area contributed by atoms with Crippen molar-refractivity contribution in [3.05, 3.63) is 107 Å². The van der Waals surface area contributed by atoms with Gasteiger partial charge in [0.25, 0.3) is 5.91 Å². The van der Waals surface area contributed by atoms with Gasteiger partial charge in [0.2, 0.25) is 0 Å². The predicted octanol–water partition coefficient (Wildman–Crippen LogP) is 2.76. The number of anilines is 1. The number of pyridine rings is 1. The quantitative estimate of drug-likeness (QED) is 0.380. The van der Waals surface area contributed by atoms with Crippen LogP contribution in [0.25, 0.3) is 11.4 Å². The van der Waals surface area contributed by atoms with Crippen LogP contribution in [-0.4, -0.2) is 57.0 Å². The van der Waals surface area contributed by atoms with Crippen molar-refractivity contribution in [2.75, 3.05) is 18.0 Å². The minimum Gasteiger partial charge on any atom is -0.389 e. The van der Waals surface area contributed by atoms with Gasteiger partial charge in [-0.3, -0.25) is 9.59 Å². The molecule has 2 aromatic carbocycles. The Balaban J connectivity index is 1.31. The van der Waals surface area contributed by atoms with Crippen LogP contribution >= 0.6 is 0 Å². The van der Waals surface area contributed by atoms with Gasteiger partial charge < -0.3 is 15.3 Å². The van der Waals surface area contributed by atoms with Crippen LogP contribution in [0.5, 0.6) is 0 Å². The molecule has 38 heavy (non-hydrogen) atoms. The first-order valence-corrected chi connectivity index (χ1v) is 11.8. The van der Waals surface area contributed by atoms with Crippen LogP contribution in [-0.2, 0) is 0 Å². The number of aliphatic hydroxyl groups is 1. The molecule has 0 spiro atoms. The molecule has 9 nitrogen and oxygen atoms in total. The highest BCUT2D eigenvalue weighted by atomic mass is 19.1. The van der Waals surface area contributed by atoms with E-state index in [0.717, 1.165) is 0 Å². The number of halogens is 1. The zero-order valence-electron chi connectivity index (χ0n) is 20.0. The Hall–Kier alpha value is -5.01. The van der Waals surface area contributed by atoms with Gasteiger partial charge in [0.15, 0.2) is 11.6 Å². The summed E-state index contributed by atoms with van der Waals surface area (Å²) in [5.74, 6) is -0.633. The molecule has 2 unspecified atom stereocenters. The molecular weight excluding hydrogens is 487 g/mol. The highest BCUT2D eigenvalue weighted by Crippen LogP contribution is 2.26. The van der Waals surface area contributed by atoms with Gasteiger partial charge in [0.05, 0.1) is 34.9 Å². The lowest BCUT2D eigenvalue weighted by Gasteiger charge is -2.20. The van der Waals surface area contributed by atoms with Gasteiger partial charge in [-0.2, -0.15) is 5.26 Å². The number of aromatic nitrogens is 3. The summed E-state index contributed by atoms with van der Waals surface area (Å²) in [4.78, 5) is 40.5. The van der Waals surface area contributed by atoms with E-state index in [-0.39, 0.29) is 47.0 Å². The molecule has 5 rings (SSSR count). The number of carbonyl (C=O) groups is 2. The summed E-state index contributed by atoms with van der Waals surface area (Å²) in [5, 5.41) is 22.9. The number of hydrogen-bond donors (Lipinski definition) is 2. The van der Waals surface area contributed by atoms with Crippen LogP contribution in [0.15, 0.2) is 79.3 Å². The molecule has 0 saturated carbocycles. The number of nitrogens with one attached hydrogen (secondary N) is 1. The maximum Gasteiger partial charge on any atom is 0.254 e. The molecule has 1 saturated heterocycles. The van der Waals surface area contributed by atoms with Crippen LogP contribution in [0.2, 0.25) is 0 Å². The van der Waals surface area contributed by atoms with E-state index >= 15 is 0 Å². The molecule has 2 N–H and O–H groups in total. The minimum absolute atomic E-state index is 0.136. The third-order valence-electron chi connectivity index (χ3n) is 6.23. The van der Waals surface area contributed by atoms with Gasteiger partial charge >= 0.3 is 0 Å². The van der Waals surface area contributed by atoms with Gasteiger partial charge in [0.1, 0.15) is 11.6 Å². The van der Waals surface area contributed by atoms with E-state index in [4.69, 9.17) is 0 Å². The molecule has 0 bridgehead atoms. The maximum absolute atomic E-state index is 13.5. The molecule has 1 amide bonds. The number of nitriles is 1. The smallest absolute Gasteiger partial charge is 0.254 e. The van der Waals surface area contributed by atoms with Gasteiger partial charge in [-0.1, -0.05) is 24.3 Å². The molecule has 188 valence electrons. The monoisotopic (exact) mass is 508 g/mol. The number of benzene rings is 2. The Labute approximate surface area is 217 Å². The van der Waals surface area contributed by atoms with Gasteiger partial charge in [-0.15, -0.1) is 0 Å². The lowest BCUT2D eigenvalue weighted by atomic mass is 9.99. The van der Waals surface area contributed by atoms with Gasteiger partial charge in [-0.05, 0) is 36.4 Å². The number of hydrogen-bond acceptors (Lipinski definition) is 8. The van der Waals surface area contributed by atoms with Crippen molar-refractivity contribution in [1.82, 2.24) is 20.3 Å². The van der Waals surface area contributed by atoms with E-state index in [0.29, 0.717) is 11.4 Å². The van der Waals surface area contributed by atoms with Crippen molar-refractivity contribution in [1.29, 1.82) is 5.26 Å². The second-order valence-electron chi connectivity index (χ2n) is 8.72. The van der Waals surface area contributed by atoms with E-state index in [1.54, 1.807) is 53.4 Å². The third-order valence-corrected chi connectivity index (χ3v) is 6.23. The molecular formula is C28H21FN6O3. The van der Waals surface area contributed by atoms with Crippen LogP contribution < -0.4 is 10.2 Å². The summed E-state index contributed by atoms with van der Waals surface area (Å²) in [5.41, 5.74) is 1.46. The predicted molar refractivity (Wildman–Crippen MR) is 136 cm³/mol. The van der Waals surface area contributed by atoms with E-state index in [1.165, 1.54) is 30.7 Å². The molecule has 0 radical (unpaired) electrons. The summed E-state index contributed by atoms with van der Waals surface area (Å²) >= 11 is 0. The first-order valence-electron chi connectivity index (χ1n) is 11.8. The standard InChI is InChI=1S/C28H21FN6O3/c29-20-7-3-6-17(11-20)26-32-13-19(14-33-26)28(38)34-23-15-35(16-24(23)36)27-22(9-4-10-31-27)25(37)21-8-2-1-5-18(21)12-30/h1-11,13-14,23-24,36H,15-16H2,(H,34,38). The first kappa shape index (κ1) is 24.7. The molecule has 2 aromatic heterocycles. The SMILES string of the molecule is N#Cc1ccccc1C(=O)c1cccnc1N1CC(O)C(NC(=O)c2cnc(-c3cccc(F)c3)nc2)C1. The molecule has 10 heteroatoms. The zero-order valence-corrected chi connectivity index (χ0v) is 20.0. The van der Waals surface area contributed by atoms with Crippen molar-refractivity contribution >= 4 is 17.5 Å². The second kappa shape index (κ2) is 10.5. The Kier molecular flexibility index (Phi) is 6.84. The van der Waals surface area contributed by atoms with Gasteiger partial charge in [-0.25, -0.2) is 19.3 Å². The number of carbonyl (C=O) groups excluding carboxylic acids is 2. The fraction of sp³-hybridized carbons (Fsp3) is 0.143. The van der Waals surface area contributed by atoms with Crippen LogP contribution in [0.1, 0.15) is 31.8 Å². The van der Waals surface area contributed by atoms with Crippen molar-refractivity contribution < 1.29 is 19.1 Å². The average molecular weight is 509 g/mol. The molecule has 1 aliphatic rings. The van der Waals surface area contributed by atoms with Crippen molar-refractivity contribution in [3.8, 4) is 17.5 Å². The van der Waals surface area contributed by atoms with Crippen LogP contribution in [0, 0.1) is 17.1 Å². The minimum atomic E-state index is -0.928. The number of rotatable bonds is 6. The first-order chi connectivity index (χ1) is 18.4. The number of nitrogens with zero attached hydrogens (tertiary/aromatic N) is 5. The lowest BCUT2D eigenvalue weighted by Crippen LogP contribution is -2.43. The average Bonchev–Trinajstić information content (AvgIpc) is 3.32. The highest BCUT2D eigenvalue weighted by molar-refractivity contribution is 6.13. The molecule has 1 aliphatic heterocycles. The Morgan fingerprint density at radius 1 is 1.00 bits per heavy atom. The van der Waals surface area contributed by atoms with E-state index in [2.05, 4.69) is 20.3 Å². The van der Waals surface area contributed by atoms with E-state index < -0.39 is 23.9 Å². The summed E-state index contributed by atoms with van der Waals surface area (Å²) in [6.45, 7) is 0.337. The zero-order chi connectivity index (χ0) is 26.6. The Bertz CT molecular complexity index is 1550. The molecule has 1 fully saturated rings. The molecule has 2 atom stereocenters. The summed E-state index contributed by atoms with van der Waals surface area (Å²) in [6.07, 6.45) is 3.29. The summed E-state index contributed by atoms with van der Waals surface area (Å²) < 4.78 is 13.5. The normalized spacial score (nSPS) is 16.6. The van der Waals surface area contributed by atoms with Crippen LogP contribution in [0.4, 0.5) is 10.2 Å². The van der Waals surface area contributed by atoms with Crippen molar-refractivity contribution in [2.24, 2.45) is 0 Å². The fourth-order valence-corrected chi connectivity index (χ4v) is 4.33. The molecule has 0 aliphatic carbocycles. The summed E-state index contributed by atoms with van der Waals surface area (Å²) in [7, 11) is 0. The number of amides is 1. The second-order valence-corrected chi connectivity index (χ2v) is 8.72. The van der Waals surface area contributed by atoms with Crippen molar-refractivity contribution in [2.45, 2.75) is 12.1 Å². The number of ketones is 1. The number of β-amino-alcohol motifs (C(OH)–C–C–N with tert-alkyl or cyclic N) is 1. The van der Waals surface area contributed by atoms with E-state index in [9.17, 15) is 24.3 Å². The topological polar surface area (TPSA) is 132 Å². The Morgan fingerprint density at radius 2 is 1.76 bits per heavy atom. The molecule has 4 aromatic rings. The summed E-state index contributed by atoms with van der Waals surface area (Å²) in [6, 6.07) is 17.0. The van der Waals surface area contributed by atoms with Crippen LogP contribution in [0.3, 0.4) is 0 Å². The van der Waals surface area contributed by atoms with E-state index in [1.807, 2.05) is 6.07 Å². The van der Waals surface area contributed by atoms with Crippen molar-refractivity contribution in [3.63, 3.8) is 0 Å². The highest BCUT2D eigenvalue weighted by Gasteiger charge is 2.35. The lowest BCUT2D eigenvalue weighted by molar-refractivity contribution is 0.0887. The van der Waals surface area contributed by atoms with Gasteiger partial charge in [0, 0.05) is 42.8 Å². The Morgan fingerprint density at radius 3 is 2.53 bits per heavy atom. The maximum atomic E-state index is 13.5. The molecule has 3 heterocycles. The largest absolute Gasteiger partial charge is 0.389 e. The fourth-order valence-electron chi connectivity index (χ4n) is 4.33. The third kappa shape index (κ3) is 4.96.